The number of benzene rings is 1. The van der Waals surface area contributed by atoms with Crippen LogP contribution in [0.4, 0.5) is 5.00 Å². The summed E-state index contributed by atoms with van der Waals surface area (Å²) in [5.74, 6) is 0.588. The van der Waals surface area contributed by atoms with Crippen molar-refractivity contribution in [3.05, 3.63) is 54.4 Å². The van der Waals surface area contributed by atoms with Gasteiger partial charge in [0.25, 0.3) is 0 Å². The average Bonchev–Trinajstić information content (AvgIpc) is 3.14. The van der Waals surface area contributed by atoms with Gasteiger partial charge in [-0.05, 0) is 41.7 Å². The van der Waals surface area contributed by atoms with E-state index < -0.39 is 0 Å². The van der Waals surface area contributed by atoms with Crippen LogP contribution in [0.25, 0.3) is 10.9 Å². The smallest absolute Gasteiger partial charge is 0.119 e. The van der Waals surface area contributed by atoms with Gasteiger partial charge in [0, 0.05) is 36.8 Å². The van der Waals surface area contributed by atoms with Gasteiger partial charge >= 0.3 is 0 Å². The maximum absolute atomic E-state index is 4.55. The fourth-order valence-electron chi connectivity index (χ4n) is 2.94. The molecule has 1 unspecified atom stereocenters. The lowest BCUT2D eigenvalue weighted by Gasteiger charge is -2.16. The molecule has 1 saturated heterocycles. The SMILES string of the molecule is c1cncc(C2CCN(c3snc4ccccc34)C2)c1. The van der Waals surface area contributed by atoms with Gasteiger partial charge in [-0.2, -0.15) is 4.37 Å². The summed E-state index contributed by atoms with van der Waals surface area (Å²) >= 11 is 1.62. The maximum Gasteiger partial charge on any atom is 0.119 e. The van der Waals surface area contributed by atoms with E-state index in [9.17, 15) is 0 Å². The molecule has 1 atom stereocenters. The summed E-state index contributed by atoms with van der Waals surface area (Å²) in [6.07, 6.45) is 5.03. The first kappa shape index (κ1) is 11.9. The van der Waals surface area contributed by atoms with E-state index in [1.54, 1.807) is 11.5 Å². The van der Waals surface area contributed by atoms with Crippen molar-refractivity contribution in [3.63, 3.8) is 0 Å². The van der Waals surface area contributed by atoms with E-state index in [0.29, 0.717) is 5.92 Å². The van der Waals surface area contributed by atoms with Gasteiger partial charge in [-0.1, -0.05) is 18.2 Å². The Morgan fingerprint density at radius 3 is 3.00 bits per heavy atom. The largest absolute Gasteiger partial charge is 0.361 e. The van der Waals surface area contributed by atoms with Gasteiger partial charge in [-0.3, -0.25) is 4.98 Å². The Hall–Kier alpha value is -1.94. The first-order valence-electron chi connectivity index (χ1n) is 6.91. The minimum absolute atomic E-state index is 0.588. The zero-order chi connectivity index (χ0) is 13.4. The van der Waals surface area contributed by atoms with Crippen LogP contribution in [-0.4, -0.2) is 22.4 Å². The van der Waals surface area contributed by atoms with Crippen LogP contribution in [0.15, 0.2) is 48.8 Å². The molecule has 0 saturated carbocycles. The summed E-state index contributed by atoms with van der Waals surface area (Å²) < 4.78 is 4.55. The molecule has 100 valence electrons. The van der Waals surface area contributed by atoms with E-state index in [0.717, 1.165) is 18.6 Å². The van der Waals surface area contributed by atoms with Crippen molar-refractivity contribution >= 4 is 27.4 Å². The van der Waals surface area contributed by atoms with E-state index in [1.165, 1.54) is 22.4 Å². The summed E-state index contributed by atoms with van der Waals surface area (Å²) in [4.78, 5) is 6.71. The highest BCUT2D eigenvalue weighted by molar-refractivity contribution is 7.11. The number of fused-ring (bicyclic) bond motifs is 1. The van der Waals surface area contributed by atoms with E-state index in [4.69, 9.17) is 0 Å². The number of hydrogen-bond acceptors (Lipinski definition) is 4. The topological polar surface area (TPSA) is 29.0 Å². The number of pyridine rings is 1. The van der Waals surface area contributed by atoms with Crippen LogP contribution in [0, 0.1) is 0 Å². The minimum Gasteiger partial charge on any atom is -0.361 e. The molecule has 4 heteroatoms. The van der Waals surface area contributed by atoms with Crippen LogP contribution in [0.1, 0.15) is 17.9 Å². The van der Waals surface area contributed by atoms with Crippen molar-refractivity contribution in [2.24, 2.45) is 0 Å². The molecule has 0 aliphatic carbocycles. The van der Waals surface area contributed by atoms with Gasteiger partial charge in [0.1, 0.15) is 5.00 Å². The third-order valence-corrected chi connectivity index (χ3v) is 4.94. The average molecular weight is 281 g/mol. The number of nitrogens with zero attached hydrogens (tertiary/aromatic N) is 3. The predicted octanol–water partition coefficient (Wildman–Crippen LogP) is 3.69. The Morgan fingerprint density at radius 1 is 1.15 bits per heavy atom. The Bertz CT molecular complexity index is 723. The summed E-state index contributed by atoms with van der Waals surface area (Å²) in [6.45, 7) is 2.17. The summed E-state index contributed by atoms with van der Waals surface area (Å²) in [7, 11) is 0. The van der Waals surface area contributed by atoms with Gasteiger partial charge in [0.15, 0.2) is 0 Å². The second-order valence-electron chi connectivity index (χ2n) is 5.22. The lowest BCUT2D eigenvalue weighted by atomic mass is 10.0. The van der Waals surface area contributed by atoms with Crippen LogP contribution in [0.2, 0.25) is 0 Å². The zero-order valence-electron chi connectivity index (χ0n) is 11.1. The summed E-state index contributed by atoms with van der Waals surface area (Å²) in [5, 5.41) is 2.59. The van der Waals surface area contributed by atoms with Crippen LogP contribution < -0.4 is 4.90 Å². The number of anilines is 1. The molecule has 4 rings (SSSR count). The number of aromatic nitrogens is 2. The minimum atomic E-state index is 0.588. The third kappa shape index (κ3) is 1.96. The fraction of sp³-hybridized carbons (Fsp3) is 0.250. The molecule has 3 heterocycles. The summed E-state index contributed by atoms with van der Waals surface area (Å²) in [5.41, 5.74) is 2.46. The standard InChI is InChI=1S/C16H15N3S/c1-2-6-15-14(5-1)16(20-18-15)19-9-7-13(11-19)12-4-3-8-17-10-12/h1-6,8,10,13H,7,9,11H2. The van der Waals surface area contributed by atoms with Gasteiger partial charge in [0.05, 0.1) is 5.52 Å². The Balaban J connectivity index is 1.62. The Morgan fingerprint density at radius 2 is 2.10 bits per heavy atom. The molecule has 0 amide bonds. The van der Waals surface area contributed by atoms with E-state index in [2.05, 4.69) is 38.5 Å². The van der Waals surface area contributed by atoms with E-state index in [1.807, 2.05) is 24.5 Å². The summed E-state index contributed by atoms with van der Waals surface area (Å²) in [6, 6.07) is 12.6. The number of hydrogen-bond donors (Lipinski definition) is 0. The molecule has 1 fully saturated rings. The second-order valence-corrected chi connectivity index (χ2v) is 5.97. The molecule has 1 aliphatic rings. The molecule has 1 aliphatic heterocycles. The lowest BCUT2D eigenvalue weighted by molar-refractivity contribution is 0.770. The molecule has 2 aromatic heterocycles. The van der Waals surface area contributed by atoms with Gasteiger partial charge < -0.3 is 4.90 Å². The Kier molecular flexibility index (Phi) is 2.89. The molecular weight excluding hydrogens is 266 g/mol. The van der Waals surface area contributed by atoms with Crippen molar-refractivity contribution in [1.82, 2.24) is 9.36 Å². The van der Waals surface area contributed by atoms with Gasteiger partial charge in [0.2, 0.25) is 0 Å². The molecule has 3 nitrogen and oxygen atoms in total. The zero-order valence-corrected chi connectivity index (χ0v) is 11.9. The molecule has 3 aromatic rings. The highest BCUT2D eigenvalue weighted by Crippen LogP contribution is 2.36. The van der Waals surface area contributed by atoms with E-state index >= 15 is 0 Å². The van der Waals surface area contributed by atoms with Crippen LogP contribution in [-0.2, 0) is 0 Å². The molecule has 0 spiro atoms. The van der Waals surface area contributed by atoms with Crippen molar-refractivity contribution < 1.29 is 0 Å². The fourth-order valence-corrected chi connectivity index (χ4v) is 3.83. The molecular formula is C16H15N3S. The number of rotatable bonds is 2. The third-order valence-electron chi connectivity index (χ3n) is 4.00. The van der Waals surface area contributed by atoms with Gasteiger partial charge in [-0.15, -0.1) is 0 Å². The molecule has 0 bridgehead atoms. The second kappa shape index (κ2) is 4.87. The predicted molar refractivity (Wildman–Crippen MR) is 83.4 cm³/mol. The normalized spacial score (nSPS) is 18.8. The van der Waals surface area contributed by atoms with Crippen molar-refractivity contribution in [2.45, 2.75) is 12.3 Å². The van der Waals surface area contributed by atoms with Crippen LogP contribution >= 0.6 is 11.5 Å². The quantitative estimate of drug-likeness (QED) is 0.717. The van der Waals surface area contributed by atoms with Crippen LogP contribution in [0.3, 0.4) is 0 Å². The molecule has 20 heavy (non-hydrogen) atoms. The van der Waals surface area contributed by atoms with Crippen LogP contribution in [0.5, 0.6) is 0 Å². The molecule has 0 N–H and O–H groups in total. The molecule has 0 radical (unpaired) electrons. The first-order valence-corrected chi connectivity index (χ1v) is 7.68. The molecule has 1 aromatic carbocycles. The van der Waals surface area contributed by atoms with Crippen molar-refractivity contribution in [2.75, 3.05) is 18.0 Å². The maximum atomic E-state index is 4.55. The first-order chi connectivity index (χ1) is 9.92. The van der Waals surface area contributed by atoms with E-state index in [-0.39, 0.29) is 0 Å². The van der Waals surface area contributed by atoms with Crippen molar-refractivity contribution in [1.29, 1.82) is 0 Å². The lowest BCUT2D eigenvalue weighted by Crippen LogP contribution is -2.18. The van der Waals surface area contributed by atoms with Gasteiger partial charge in [-0.25, -0.2) is 0 Å². The Labute approximate surface area is 122 Å². The monoisotopic (exact) mass is 281 g/mol. The van der Waals surface area contributed by atoms with Crippen molar-refractivity contribution in [3.8, 4) is 0 Å². The highest BCUT2D eigenvalue weighted by Gasteiger charge is 2.26. The highest BCUT2D eigenvalue weighted by atomic mass is 32.1.